The Balaban J connectivity index is 0.00000280. The minimum absolute atomic E-state index is 0. The molecular weight excluding hydrogens is 479 g/mol. The van der Waals surface area contributed by atoms with E-state index in [4.69, 9.17) is 0 Å². The van der Waals surface area contributed by atoms with E-state index in [1.165, 1.54) is 11.6 Å². The molecule has 1 aliphatic heterocycles. The summed E-state index contributed by atoms with van der Waals surface area (Å²) in [4.78, 5) is 6.92. The summed E-state index contributed by atoms with van der Waals surface area (Å²) >= 11 is 0. The van der Waals surface area contributed by atoms with Gasteiger partial charge in [-0.15, -0.1) is 24.0 Å². The Morgan fingerprint density at radius 3 is 2.93 bits per heavy atom. The number of halogens is 3. The van der Waals surface area contributed by atoms with Crippen LogP contribution in [0.4, 0.5) is 8.78 Å². The highest BCUT2D eigenvalue weighted by Gasteiger charge is 2.26. The first-order chi connectivity index (χ1) is 13.0. The van der Waals surface area contributed by atoms with Gasteiger partial charge in [0.25, 0.3) is 0 Å². The summed E-state index contributed by atoms with van der Waals surface area (Å²) in [5, 5.41) is 7.58. The number of hydrogen-bond acceptors (Lipinski definition) is 3. The van der Waals surface area contributed by atoms with Crippen molar-refractivity contribution in [3.63, 3.8) is 0 Å². The number of ether oxygens (including phenoxy) is 1. The molecule has 2 aromatic rings. The van der Waals surface area contributed by atoms with Crippen molar-refractivity contribution in [1.29, 1.82) is 0 Å². The molecule has 0 aliphatic carbocycles. The number of aliphatic imine (C=N–C) groups is 1. The van der Waals surface area contributed by atoms with Crippen LogP contribution in [0.25, 0.3) is 0 Å². The van der Waals surface area contributed by atoms with Crippen LogP contribution < -0.4 is 10.1 Å². The Morgan fingerprint density at radius 1 is 1.43 bits per heavy atom. The number of aromatic nitrogens is 2. The highest BCUT2D eigenvalue weighted by molar-refractivity contribution is 14.0. The molecule has 1 saturated heterocycles. The molecule has 1 aromatic heterocycles. The van der Waals surface area contributed by atoms with Gasteiger partial charge >= 0.3 is 6.61 Å². The van der Waals surface area contributed by atoms with Crippen molar-refractivity contribution in [1.82, 2.24) is 20.0 Å². The van der Waals surface area contributed by atoms with Crippen molar-refractivity contribution in [3.05, 3.63) is 47.8 Å². The fourth-order valence-electron chi connectivity index (χ4n) is 3.29. The molecule has 0 saturated carbocycles. The highest BCUT2D eigenvalue weighted by atomic mass is 127. The molecule has 2 heterocycles. The van der Waals surface area contributed by atoms with E-state index in [2.05, 4.69) is 31.2 Å². The number of benzene rings is 1. The normalized spacial score (nSPS) is 17.0. The number of rotatable bonds is 6. The van der Waals surface area contributed by atoms with Crippen LogP contribution >= 0.6 is 24.0 Å². The zero-order valence-electron chi connectivity index (χ0n) is 16.0. The molecule has 0 amide bonds. The molecule has 9 heteroatoms. The van der Waals surface area contributed by atoms with Gasteiger partial charge in [-0.3, -0.25) is 4.68 Å². The standard InChI is InChI=1S/C19H25F2N5O.HI/c1-3-22-19(23-10-14-5-4-6-17(9-14)27-18(20)21)26-8-7-15(13-26)16-11-24-25(2)12-16;/h4-6,9,11-12,15,18H,3,7-8,10,13H2,1-2H3,(H,22,23);1H. The fourth-order valence-corrected chi connectivity index (χ4v) is 3.29. The van der Waals surface area contributed by atoms with Crippen molar-refractivity contribution in [2.75, 3.05) is 19.6 Å². The summed E-state index contributed by atoms with van der Waals surface area (Å²) in [5.41, 5.74) is 2.07. The van der Waals surface area contributed by atoms with Crippen molar-refractivity contribution >= 4 is 29.9 Å². The molecule has 1 fully saturated rings. The van der Waals surface area contributed by atoms with E-state index in [-0.39, 0.29) is 29.7 Å². The number of aryl methyl sites for hydroxylation is 1. The molecular formula is C19H26F2IN5O. The molecule has 1 aromatic carbocycles. The van der Waals surface area contributed by atoms with E-state index in [1.54, 1.807) is 12.1 Å². The van der Waals surface area contributed by atoms with Gasteiger partial charge in [-0.25, -0.2) is 4.99 Å². The summed E-state index contributed by atoms with van der Waals surface area (Å²) in [6.45, 7) is 2.17. The molecule has 1 atom stereocenters. The van der Waals surface area contributed by atoms with Crippen molar-refractivity contribution in [2.24, 2.45) is 12.0 Å². The number of nitrogens with one attached hydrogen (secondary N) is 1. The van der Waals surface area contributed by atoms with Gasteiger partial charge < -0.3 is 15.0 Å². The second kappa shape index (κ2) is 10.6. The molecule has 154 valence electrons. The molecule has 0 radical (unpaired) electrons. The minimum atomic E-state index is -2.82. The fraction of sp³-hybridized carbons (Fsp3) is 0.474. The van der Waals surface area contributed by atoms with Crippen LogP contribution in [0.1, 0.15) is 30.4 Å². The molecule has 1 unspecified atom stereocenters. The van der Waals surface area contributed by atoms with E-state index in [0.717, 1.165) is 37.6 Å². The maximum atomic E-state index is 12.4. The number of alkyl halides is 2. The Hall–Kier alpha value is -1.91. The van der Waals surface area contributed by atoms with Crippen LogP contribution in [0.5, 0.6) is 5.75 Å². The molecule has 6 nitrogen and oxygen atoms in total. The minimum Gasteiger partial charge on any atom is -0.435 e. The summed E-state index contributed by atoms with van der Waals surface area (Å²) in [6, 6.07) is 6.67. The predicted molar refractivity (Wildman–Crippen MR) is 115 cm³/mol. The monoisotopic (exact) mass is 505 g/mol. The summed E-state index contributed by atoms with van der Waals surface area (Å²) in [7, 11) is 1.92. The lowest BCUT2D eigenvalue weighted by molar-refractivity contribution is -0.0498. The third kappa shape index (κ3) is 6.05. The maximum Gasteiger partial charge on any atom is 0.387 e. The third-order valence-electron chi connectivity index (χ3n) is 4.55. The van der Waals surface area contributed by atoms with Gasteiger partial charge in [0.2, 0.25) is 0 Å². The van der Waals surface area contributed by atoms with Gasteiger partial charge in [-0.05, 0) is 36.6 Å². The van der Waals surface area contributed by atoms with Crippen LogP contribution in [-0.2, 0) is 13.6 Å². The van der Waals surface area contributed by atoms with E-state index < -0.39 is 6.61 Å². The second-order valence-corrected chi connectivity index (χ2v) is 6.58. The first-order valence-corrected chi connectivity index (χ1v) is 9.10. The smallest absolute Gasteiger partial charge is 0.387 e. The van der Waals surface area contributed by atoms with E-state index in [9.17, 15) is 8.78 Å². The lowest BCUT2D eigenvalue weighted by atomic mass is 10.0. The lowest BCUT2D eigenvalue weighted by Crippen LogP contribution is -2.40. The Labute approximate surface area is 181 Å². The quantitative estimate of drug-likeness (QED) is 0.371. The van der Waals surface area contributed by atoms with Crippen LogP contribution in [-0.4, -0.2) is 46.9 Å². The molecule has 0 bridgehead atoms. The number of guanidine groups is 1. The zero-order chi connectivity index (χ0) is 19.2. The van der Waals surface area contributed by atoms with Crippen molar-refractivity contribution < 1.29 is 13.5 Å². The lowest BCUT2D eigenvalue weighted by Gasteiger charge is -2.21. The van der Waals surface area contributed by atoms with Gasteiger partial charge in [0, 0.05) is 38.8 Å². The summed E-state index contributed by atoms with van der Waals surface area (Å²) in [5.74, 6) is 1.43. The van der Waals surface area contributed by atoms with Gasteiger partial charge in [0.05, 0.1) is 12.7 Å². The van der Waals surface area contributed by atoms with E-state index >= 15 is 0 Å². The second-order valence-electron chi connectivity index (χ2n) is 6.58. The summed E-state index contributed by atoms with van der Waals surface area (Å²) in [6.07, 6.45) is 5.04. The molecule has 3 rings (SSSR count). The molecule has 1 N–H and O–H groups in total. The SMILES string of the molecule is CCNC(=NCc1cccc(OC(F)F)c1)N1CCC(c2cnn(C)c2)C1.I. The van der Waals surface area contributed by atoms with Crippen LogP contribution in [0, 0.1) is 0 Å². The van der Waals surface area contributed by atoms with Gasteiger partial charge in [-0.1, -0.05) is 12.1 Å². The number of likely N-dealkylation sites (tertiary alicyclic amines) is 1. The average Bonchev–Trinajstić information content (AvgIpc) is 3.27. The molecule has 28 heavy (non-hydrogen) atoms. The van der Waals surface area contributed by atoms with Crippen molar-refractivity contribution in [2.45, 2.75) is 32.4 Å². The Bertz CT molecular complexity index is 783. The summed E-state index contributed by atoms with van der Waals surface area (Å²) < 4.78 is 31.0. The number of hydrogen-bond donors (Lipinski definition) is 1. The van der Waals surface area contributed by atoms with E-state index in [0.29, 0.717) is 12.5 Å². The predicted octanol–water partition coefficient (Wildman–Crippen LogP) is 3.59. The maximum absolute atomic E-state index is 12.4. The van der Waals surface area contributed by atoms with Crippen LogP contribution in [0.3, 0.4) is 0 Å². The topological polar surface area (TPSA) is 54.7 Å². The molecule has 0 spiro atoms. The first kappa shape index (κ1) is 22.4. The van der Waals surface area contributed by atoms with Crippen LogP contribution in [0.2, 0.25) is 0 Å². The number of nitrogens with zero attached hydrogens (tertiary/aromatic N) is 4. The Kier molecular flexibility index (Phi) is 8.46. The zero-order valence-corrected chi connectivity index (χ0v) is 18.3. The van der Waals surface area contributed by atoms with Gasteiger partial charge in [-0.2, -0.15) is 13.9 Å². The largest absolute Gasteiger partial charge is 0.435 e. The van der Waals surface area contributed by atoms with Crippen LogP contribution in [0.15, 0.2) is 41.7 Å². The highest BCUT2D eigenvalue weighted by Crippen LogP contribution is 2.26. The van der Waals surface area contributed by atoms with E-state index in [1.807, 2.05) is 30.9 Å². The van der Waals surface area contributed by atoms with Crippen molar-refractivity contribution in [3.8, 4) is 5.75 Å². The van der Waals surface area contributed by atoms with Gasteiger partial charge in [0.15, 0.2) is 5.96 Å². The third-order valence-corrected chi connectivity index (χ3v) is 4.55. The first-order valence-electron chi connectivity index (χ1n) is 9.10. The Morgan fingerprint density at radius 2 is 2.25 bits per heavy atom. The average molecular weight is 505 g/mol. The molecule has 1 aliphatic rings. The van der Waals surface area contributed by atoms with Gasteiger partial charge in [0.1, 0.15) is 5.75 Å².